The molecule has 0 fully saturated rings. The van der Waals surface area contributed by atoms with Crippen LogP contribution in [0.4, 0.5) is 11.4 Å². The number of amidine groups is 1. The molecule has 0 radical (unpaired) electrons. The van der Waals surface area contributed by atoms with Crippen LogP contribution in [-0.4, -0.2) is 30.7 Å². The molecule has 2 aromatic carbocycles. The van der Waals surface area contributed by atoms with Gasteiger partial charge in [-0.1, -0.05) is 41.4 Å². The molecule has 1 aliphatic heterocycles. The fraction of sp³-hybridized carbons (Fsp3) is 0.0667. The van der Waals surface area contributed by atoms with Gasteiger partial charge in [0.2, 0.25) is 0 Å². The van der Waals surface area contributed by atoms with Crippen LogP contribution in [-0.2, 0) is 16.6 Å². The Morgan fingerprint density at radius 2 is 1.83 bits per heavy atom. The molecule has 124 valence electrons. The predicted octanol–water partition coefficient (Wildman–Crippen LogP) is 3.36. The third kappa shape index (κ3) is 3.24. The molecule has 6 nitrogen and oxygen atoms in total. The standard InChI is InChI=1S/C15H11Cl2N3O3S/c1-20-13-5-3-2-4-9(13)6-14(20)19-24(22,23)18-10-7-11(16)15(21)12(17)8-10/h2-5,7-8,18H,1,6H2/p+1. The second-order valence-electron chi connectivity index (χ2n) is 5.11. The van der Waals surface area contributed by atoms with Crippen LogP contribution >= 0.6 is 23.2 Å². The zero-order valence-corrected chi connectivity index (χ0v) is 14.5. The number of benzene rings is 2. The van der Waals surface area contributed by atoms with Crippen LogP contribution in [0.25, 0.3) is 0 Å². The van der Waals surface area contributed by atoms with Crippen molar-refractivity contribution in [2.24, 2.45) is 4.40 Å². The molecule has 3 rings (SSSR count). The molecule has 9 heteroatoms. The Bertz CT molecular complexity index is 964. The topological polar surface area (TPSA) is 81.8 Å². The molecule has 1 heterocycles. The number of nitrogens with one attached hydrogen (secondary N) is 1. The third-order valence-corrected chi connectivity index (χ3v) is 4.95. The molecule has 2 N–H and O–H groups in total. The van der Waals surface area contributed by atoms with E-state index in [1.165, 1.54) is 16.7 Å². The van der Waals surface area contributed by atoms with Gasteiger partial charge < -0.3 is 5.11 Å². The van der Waals surface area contributed by atoms with Gasteiger partial charge >= 0.3 is 16.0 Å². The van der Waals surface area contributed by atoms with E-state index in [-0.39, 0.29) is 21.5 Å². The minimum Gasteiger partial charge on any atom is -0.505 e. The number of nitrogens with zero attached hydrogens (tertiary/aromatic N) is 2. The molecular formula is C15H12Cl2N3O3S+. The second kappa shape index (κ2) is 6.08. The van der Waals surface area contributed by atoms with Gasteiger partial charge in [0.1, 0.15) is 5.69 Å². The fourth-order valence-electron chi connectivity index (χ4n) is 2.34. The van der Waals surface area contributed by atoms with Gasteiger partial charge in [-0.25, -0.2) is 9.30 Å². The Labute approximate surface area is 148 Å². The zero-order chi connectivity index (χ0) is 17.5. The van der Waals surface area contributed by atoms with Crippen molar-refractivity contribution in [1.82, 2.24) is 0 Å². The zero-order valence-electron chi connectivity index (χ0n) is 12.2. The van der Waals surface area contributed by atoms with Gasteiger partial charge in [-0.2, -0.15) is 8.42 Å². The summed E-state index contributed by atoms with van der Waals surface area (Å²) in [5.41, 5.74) is 1.85. The molecule has 0 amide bonds. The molecule has 1 aliphatic rings. The van der Waals surface area contributed by atoms with E-state index >= 15 is 0 Å². The highest BCUT2D eigenvalue weighted by Gasteiger charge is 2.31. The average molecular weight is 385 g/mol. The van der Waals surface area contributed by atoms with E-state index in [1.54, 1.807) is 0 Å². The van der Waals surface area contributed by atoms with E-state index in [2.05, 4.69) is 15.8 Å². The van der Waals surface area contributed by atoms with Gasteiger partial charge in [0, 0.05) is 5.56 Å². The Kier molecular flexibility index (Phi) is 4.25. The second-order valence-corrected chi connectivity index (χ2v) is 7.26. The molecule has 0 bridgehead atoms. The summed E-state index contributed by atoms with van der Waals surface area (Å²) in [7, 11) is -4.06. The van der Waals surface area contributed by atoms with Crippen molar-refractivity contribution < 1.29 is 18.1 Å². The molecule has 2 aromatic rings. The van der Waals surface area contributed by atoms with Crippen LogP contribution in [0.5, 0.6) is 5.75 Å². The van der Waals surface area contributed by atoms with Gasteiger partial charge in [0.25, 0.3) is 0 Å². The Morgan fingerprint density at radius 1 is 1.21 bits per heavy atom. The van der Waals surface area contributed by atoms with Crippen molar-refractivity contribution in [3.8, 4) is 5.75 Å². The predicted molar refractivity (Wildman–Crippen MR) is 95.3 cm³/mol. The Hall–Kier alpha value is -2.09. The van der Waals surface area contributed by atoms with E-state index in [0.29, 0.717) is 12.3 Å². The lowest BCUT2D eigenvalue weighted by Gasteiger charge is -2.05. The Balaban J connectivity index is 1.89. The first kappa shape index (κ1) is 16.8. The quantitative estimate of drug-likeness (QED) is 0.628. The highest BCUT2D eigenvalue weighted by molar-refractivity contribution is 7.91. The summed E-state index contributed by atoms with van der Waals surface area (Å²) in [6, 6.07) is 9.91. The highest BCUT2D eigenvalue weighted by atomic mass is 35.5. The summed E-state index contributed by atoms with van der Waals surface area (Å²) in [6.45, 7) is 3.83. The molecule has 0 aliphatic carbocycles. The van der Waals surface area contributed by atoms with Gasteiger partial charge in [-0.15, -0.1) is 0 Å². The van der Waals surface area contributed by atoms with Gasteiger partial charge in [0.15, 0.2) is 5.75 Å². The number of hydrogen-bond donors (Lipinski definition) is 2. The monoisotopic (exact) mass is 384 g/mol. The van der Waals surface area contributed by atoms with E-state index in [4.69, 9.17) is 23.2 Å². The molecule has 0 spiro atoms. The smallest absolute Gasteiger partial charge is 0.436 e. The van der Waals surface area contributed by atoms with E-state index in [1.807, 2.05) is 24.3 Å². The van der Waals surface area contributed by atoms with E-state index < -0.39 is 10.2 Å². The molecule has 0 saturated carbocycles. The molecule has 0 saturated heterocycles. The summed E-state index contributed by atoms with van der Waals surface area (Å²) < 4.78 is 32.0. The SMILES string of the molecule is C=[N+]1C(=NS(=O)(=O)Nc2cc(Cl)c(O)c(Cl)c2)Cc2ccccc21. The van der Waals surface area contributed by atoms with Crippen molar-refractivity contribution in [1.29, 1.82) is 0 Å². The third-order valence-electron chi connectivity index (χ3n) is 3.43. The summed E-state index contributed by atoms with van der Waals surface area (Å²) in [6.07, 6.45) is 0.359. The summed E-state index contributed by atoms with van der Waals surface area (Å²) in [5.74, 6) is -0.0255. The number of rotatable bonds is 3. The Morgan fingerprint density at radius 3 is 2.46 bits per heavy atom. The molecule has 0 atom stereocenters. The van der Waals surface area contributed by atoms with Crippen LogP contribution in [0, 0.1) is 0 Å². The van der Waals surface area contributed by atoms with E-state index in [0.717, 1.165) is 11.3 Å². The lowest BCUT2D eigenvalue weighted by molar-refractivity contribution is -0.289. The lowest BCUT2D eigenvalue weighted by atomic mass is 10.2. The first-order valence-electron chi connectivity index (χ1n) is 6.75. The molecule has 0 unspecified atom stereocenters. The van der Waals surface area contributed by atoms with Crippen LogP contribution in [0.3, 0.4) is 0 Å². The minimum atomic E-state index is -4.06. The number of anilines is 1. The number of hydrogen-bond acceptors (Lipinski definition) is 3. The van der Waals surface area contributed by atoms with Crippen LogP contribution in [0.15, 0.2) is 40.8 Å². The minimum absolute atomic E-state index is 0.0695. The van der Waals surface area contributed by atoms with Crippen molar-refractivity contribution in [2.45, 2.75) is 6.42 Å². The number of halogens is 2. The van der Waals surface area contributed by atoms with Crippen molar-refractivity contribution in [3.63, 3.8) is 0 Å². The maximum atomic E-state index is 12.3. The number of phenolic OH excluding ortho intramolecular Hbond substituents is 1. The van der Waals surface area contributed by atoms with Gasteiger partial charge in [-0.3, -0.25) is 0 Å². The average Bonchev–Trinajstić information content (AvgIpc) is 2.80. The van der Waals surface area contributed by atoms with Crippen LogP contribution < -0.4 is 4.72 Å². The van der Waals surface area contributed by atoms with E-state index in [9.17, 15) is 13.5 Å². The van der Waals surface area contributed by atoms with Crippen LogP contribution in [0.1, 0.15) is 5.56 Å². The lowest BCUT2D eigenvalue weighted by Crippen LogP contribution is -2.17. The first-order chi connectivity index (χ1) is 11.3. The summed E-state index contributed by atoms with van der Waals surface area (Å²) in [4.78, 5) is 0. The first-order valence-corrected chi connectivity index (χ1v) is 8.94. The molecule has 0 aromatic heterocycles. The number of fused-ring (bicyclic) bond motifs is 1. The number of aromatic hydroxyl groups is 1. The maximum Gasteiger partial charge on any atom is 0.436 e. The maximum absolute atomic E-state index is 12.3. The number of para-hydroxylation sites is 1. The molecule has 24 heavy (non-hydrogen) atoms. The van der Waals surface area contributed by atoms with Gasteiger partial charge in [-0.05, 0) is 18.2 Å². The van der Waals surface area contributed by atoms with Crippen LogP contribution in [0.2, 0.25) is 10.0 Å². The highest BCUT2D eigenvalue weighted by Crippen LogP contribution is 2.35. The van der Waals surface area contributed by atoms with Crippen molar-refractivity contribution in [3.05, 3.63) is 52.0 Å². The summed E-state index contributed by atoms with van der Waals surface area (Å²) in [5, 5.41) is 9.37. The fourth-order valence-corrected chi connectivity index (χ4v) is 3.73. The molecular weight excluding hydrogens is 373 g/mol. The number of phenols is 1. The van der Waals surface area contributed by atoms with Crippen molar-refractivity contribution in [2.75, 3.05) is 4.72 Å². The van der Waals surface area contributed by atoms with Crippen molar-refractivity contribution >= 4 is 57.3 Å². The summed E-state index contributed by atoms with van der Waals surface area (Å²) >= 11 is 11.6. The van der Waals surface area contributed by atoms with Gasteiger partial charge in [0.05, 0.1) is 33.3 Å². The largest absolute Gasteiger partial charge is 0.505 e. The normalized spacial score (nSPS) is 15.6.